The van der Waals surface area contributed by atoms with Crippen molar-refractivity contribution < 1.29 is 14.7 Å². The van der Waals surface area contributed by atoms with Crippen LogP contribution < -0.4 is 0 Å². The van der Waals surface area contributed by atoms with Gasteiger partial charge >= 0.3 is 0 Å². The average molecular weight is 170 g/mol. The number of ketones is 2. The Bertz CT molecular complexity index is 222. The van der Waals surface area contributed by atoms with Gasteiger partial charge in [-0.05, 0) is 19.8 Å². The maximum Gasteiger partial charge on any atom is 0.164 e. The van der Waals surface area contributed by atoms with Crippen molar-refractivity contribution in [3.05, 3.63) is 0 Å². The molecule has 2 unspecified atom stereocenters. The average Bonchev–Trinajstić information content (AvgIpc) is 1.98. The second-order valence-corrected chi connectivity index (χ2v) is 3.70. The van der Waals surface area contributed by atoms with Gasteiger partial charge in [-0.2, -0.15) is 0 Å². The molecule has 2 atom stereocenters. The Labute approximate surface area is 71.8 Å². The summed E-state index contributed by atoms with van der Waals surface area (Å²) in [5, 5.41) is 8.67. The Hall–Kier alpha value is -0.700. The van der Waals surface area contributed by atoms with Gasteiger partial charge in [0, 0.05) is 11.3 Å². The number of carbonyl (C=O) groups excluding carboxylic acids is 2. The number of aliphatic hydroxyl groups excluding tert-OH is 1. The number of hydrogen-bond acceptors (Lipinski definition) is 3. The summed E-state index contributed by atoms with van der Waals surface area (Å²) in [5.74, 6) is -0.295. The minimum atomic E-state index is -0.569. The lowest BCUT2D eigenvalue weighted by Gasteiger charge is -2.43. The molecule has 0 aromatic rings. The van der Waals surface area contributed by atoms with Crippen LogP contribution in [0.1, 0.15) is 26.7 Å². The van der Waals surface area contributed by atoms with E-state index in [9.17, 15) is 9.59 Å². The molecule has 0 bridgehead atoms. The van der Waals surface area contributed by atoms with E-state index in [1.807, 2.05) is 0 Å². The van der Waals surface area contributed by atoms with Gasteiger partial charge < -0.3 is 5.11 Å². The molecule has 1 N–H and O–H groups in total. The zero-order valence-electron chi connectivity index (χ0n) is 7.46. The molecule has 0 aromatic carbocycles. The molecule has 1 rings (SSSR count). The zero-order valence-corrected chi connectivity index (χ0v) is 7.46. The van der Waals surface area contributed by atoms with Crippen LogP contribution in [0.25, 0.3) is 0 Å². The first-order valence-electron chi connectivity index (χ1n) is 4.17. The third-order valence-electron chi connectivity index (χ3n) is 2.99. The van der Waals surface area contributed by atoms with Crippen LogP contribution in [0, 0.1) is 11.3 Å². The Morgan fingerprint density at radius 2 is 2.17 bits per heavy atom. The van der Waals surface area contributed by atoms with Crippen LogP contribution in [0.4, 0.5) is 0 Å². The molecule has 1 fully saturated rings. The van der Waals surface area contributed by atoms with Gasteiger partial charge in [-0.15, -0.1) is 0 Å². The van der Waals surface area contributed by atoms with E-state index >= 15 is 0 Å². The number of carbonyl (C=O) groups is 2. The van der Waals surface area contributed by atoms with Crippen molar-refractivity contribution in [3.8, 4) is 0 Å². The minimum Gasteiger partial charge on any atom is -0.389 e. The van der Waals surface area contributed by atoms with Crippen molar-refractivity contribution >= 4 is 11.6 Å². The predicted octanol–water partition coefficient (Wildman–Crippen LogP) is 0.553. The van der Waals surface area contributed by atoms with Crippen molar-refractivity contribution in [3.63, 3.8) is 0 Å². The second kappa shape index (κ2) is 2.98. The highest BCUT2D eigenvalue weighted by Gasteiger charge is 2.49. The quantitative estimate of drug-likeness (QED) is 0.673. The van der Waals surface area contributed by atoms with E-state index in [4.69, 9.17) is 5.11 Å². The maximum atomic E-state index is 11.2. The van der Waals surface area contributed by atoms with E-state index in [0.717, 1.165) is 12.8 Å². The van der Waals surface area contributed by atoms with Gasteiger partial charge in [-0.3, -0.25) is 9.59 Å². The van der Waals surface area contributed by atoms with Crippen LogP contribution in [0.3, 0.4) is 0 Å². The lowest BCUT2D eigenvalue weighted by molar-refractivity contribution is -0.148. The molecule has 0 heterocycles. The van der Waals surface area contributed by atoms with E-state index in [0.29, 0.717) is 0 Å². The summed E-state index contributed by atoms with van der Waals surface area (Å²) >= 11 is 0. The van der Waals surface area contributed by atoms with Gasteiger partial charge in [0.15, 0.2) is 5.78 Å². The zero-order chi connectivity index (χ0) is 9.35. The van der Waals surface area contributed by atoms with Gasteiger partial charge in [0.05, 0.1) is 0 Å². The highest BCUT2D eigenvalue weighted by molar-refractivity contribution is 5.93. The van der Waals surface area contributed by atoms with Crippen LogP contribution in [0.2, 0.25) is 0 Å². The normalized spacial score (nSPS) is 34.1. The standard InChI is InChI=1S/C9H14O3/c1-6(11)7-3-4-9(7,2)8(12)5-10/h7,10H,3-5H2,1-2H3. The maximum absolute atomic E-state index is 11.2. The molecule has 12 heavy (non-hydrogen) atoms. The Balaban J connectivity index is 2.73. The first-order chi connectivity index (χ1) is 5.52. The highest BCUT2D eigenvalue weighted by Crippen LogP contribution is 2.47. The largest absolute Gasteiger partial charge is 0.389 e. The molecule has 1 aliphatic rings. The van der Waals surface area contributed by atoms with Crippen LogP contribution in [-0.2, 0) is 9.59 Å². The van der Waals surface area contributed by atoms with Gasteiger partial charge in [-0.1, -0.05) is 6.92 Å². The summed E-state index contributed by atoms with van der Waals surface area (Å²) in [4.78, 5) is 22.3. The molecule has 1 aliphatic carbocycles. The van der Waals surface area contributed by atoms with E-state index in [2.05, 4.69) is 0 Å². The van der Waals surface area contributed by atoms with Crippen molar-refractivity contribution in [2.75, 3.05) is 6.61 Å². The van der Waals surface area contributed by atoms with E-state index in [1.54, 1.807) is 6.92 Å². The van der Waals surface area contributed by atoms with Crippen LogP contribution >= 0.6 is 0 Å². The van der Waals surface area contributed by atoms with Gasteiger partial charge in [-0.25, -0.2) is 0 Å². The van der Waals surface area contributed by atoms with Crippen LogP contribution in [0.5, 0.6) is 0 Å². The summed E-state index contributed by atoms with van der Waals surface area (Å²) in [6.45, 7) is 2.83. The molecule has 0 aromatic heterocycles. The molecule has 0 radical (unpaired) electrons. The van der Waals surface area contributed by atoms with Crippen molar-refractivity contribution in [2.45, 2.75) is 26.7 Å². The molecule has 1 saturated carbocycles. The molecule has 68 valence electrons. The first-order valence-corrected chi connectivity index (χ1v) is 4.17. The summed E-state index contributed by atoms with van der Waals surface area (Å²) in [6.07, 6.45) is 1.52. The molecule has 0 spiro atoms. The fourth-order valence-electron chi connectivity index (χ4n) is 1.89. The SMILES string of the molecule is CC(=O)C1CCC1(C)C(=O)CO. The minimum absolute atomic E-state index is 0.0607. The number of Topliss-reactive ketones (excluding diaryl/α,β-unsaturated/α-hetero) is 2. The fourth-order valence-corrected chi connectivity index (χ4v) is 1.89. The number of hydrogen-bond donors (Lipinski definition) is 1. The third kappa shape index (κ3) is 1.18. The van der Waals surface area contributed by atoms with E-state index in [1.165, 1.54) is 6.92 Å². The summed E-state index contributed by atoms with van der Waals surface area (Å²) in [7, 11) is 0. The summed E-state index contributed by atoms with van der Waals surface area (Å²) in [6, 6.07) is 0. The van der Waals surface area contributed by atoms with Crippen LogP contribution in [-0.4, -0.2) is 23.3 Å². The van der Waals surface area contributed by atoms with Gasteiger partial charge in [0.1, 0.15) is 12.4 Å². The second-order valence-electron chi connectivity index (χ2n) is 3.70. The predicted molar refractivity (Wildman–Crippen MR) is 43.6 cm³/mol. The molecule has 0 saturated heterocycles. The van der Waals surface area contributed by atoms with E-state index in [-0.39, 0.29) is 17.5 Å². The summed E-state index contributed by atoms with van der Waals surface area (Å²) < 4.78 is 0. The molecule has 0 aliphatic heterocycles. The fraction of sp³-hybridized carbons (Fsp3) is 0.778. The number of aliphatic hydroxyl groups is 1. The molecular formula is C9H14O3. The molecule has 0 amide bonds. The Morgan fingerprint density at radius 3 is 2.42 bits per heavy atom. The Kier molecular flexibility index (Phi) is 2.33. The Morgan fingerprint density at radius 1 is 1.58 bits per heavy atom. The van der Waals surface area contributed by atoms with E-state index < -0.39 is 12.0 Å². The molecular weight excluding hydrogens is 156 g/mol. The lowest BCUT2D eigenvalue weighted by Crippen LogP contribution is -2.48. The smallest absolute Gasteiger partial charge is 0.164 e. The topological polar surface area (TPSA) is 54.4 Å². The molecule has 3 nitrogen and oxygen atoms in total. The summed E-state index contributed by atoms with van der Waals surface area (Å²) in [5.41, 5.74) is -0.569. The lowest BCUT2D eigenvalue weighted by atomic mass is 9.58. The van der Waals surface area contributed by atoms with Crippen molar-refractivity contribution in [1.29, 1.82) is 0 Å². The number of rotatable bonds is 3. The monoisotopic (exact) mass is 170 g/mol. The van der Waals surface area contributed by atoms with Crippen molar-refractivity contribution in [2.24, 2.45) is 11.3 Å². The van der Waals surface area contributed by atoms with Crippen LogP contribution in [0.15, 0.2) is 0 Å². The third-order valence-corrected chi connectivity index (χ3v) is 2.99. The van der Waals surface area contributed by atoms with Gasteiger partial charge in [0.25, 0.3) is 0 Å². The molecule has 3 heteroatoms. The highest BCUT2D eigenvalue weighted by atomic mass is 16.3. The van der Waals surface area contributed by atoms with Crippen molar-refractivity contribution in [1.82, 2.24) is 0 Å². The van der Waals surface area contributed by atoms with Gasteiger partial charge in [0.2, 0.25) is 0 Å². The first kappa shape index (κ1) is 9.39.